The summed E-state index contributed by atoms with van der Waals surface area (Å²) in [4.78, 5) is 28.1. The number of esters is 1. The van der Waals surface area contributed by atoms with E-state index in [0.29, 0.717) is 23.4 Å². The second kappa shape index (κ2) is 9.98. The summed E-state index contributed by atoms with van der Waals surface area (Å²) < 4.78 is 10.7. The Morgan fingerprint density at radius 1 is 1.00 bits per heavy atom. The Bertz CT molecular complexity index is 961. The van der Waals surface area contributed by atoms with Gasteiger partial charge >= 0.3 is 5.97 Å². The minimum absolute atomic E-state index is 0.0694. The highest BCUT2D eigenvalue weighted by molar-refractivity contribution is 7.13. The highest BCUT2D eigenvalue weighted by Gasteiger charge is 2.09. The first-order chi connectivity index (χ1) is 14.1. The van der Waals surface area contributed by atoms with E-state index in [1.165, 1.54) is 16.9 Å². The van der Waals surface area contributed by atoms with E-state index in [1.807, 2.05) is 12.3 Å². The number of Topliss-reactive ketones (excluding diaryl/α,β-unsaturated/α-hetero) is 1. The van der Waals surface area contributed by atoms with Crippen molar-refractivity contribution < 1.29 is 19.1 Å². The number of ketones is 1. The maximum Gasteiger partial charge on any atom is 0.344 e. The number of ether oxygens (including phenoxy) is 2. The Hall–Kier alpha value is -2.99. The van der Waals surface area contributed by atoms with Crippen LogP contribution in [0.25, 0.3) is 10.6 Å². The first-order valence-electron chi connectivity index (χ1n) is 9.54. The van der Waals surface area contributed by atoms with Gasteiger partial charge in [0.25, 0.3) is 0 Å². The molecule has 0 atom stereocenters. The van der Waals surface area contributed by atoms with Crippen LogP contribution in [0.1, 0.15) is 41.9 Å². The summed E-state index contributed by atoms with van der Waals surface area (Å²) in [5.41, 5.74) is 3.68. The van der Waals surface area contributed by atoms with Gasteiger partial charge in [0.15, 0.2) is 12.4 Å². The molecule has 2 aromatic carbocycles. The van der Waals surface area contributed by atoms with Crippen molar-refractivity contribution >= 4 is 23.1 Å². The van der Waals surface area contributed by atoms with E-state index in [0.717, 1.165) is 17.0 Å². The second-order valence-electron chi connectivity index (χ2n) is 6.44. The maximum absolute atomic E-state index is 11.9. The van der Waals surface area contributed by atoms with Crippen molar-refractivity contribution in [3.63, 3.8) is 0 Å². The number of hydrogen-bond donors (Lipinski definition) is 0. The van der Waals surface area contributed by atoms with Crippen LogP contribution < -0.4 is 4.74 Å². The average Bonchev–Trinajstić information content (AvgIpc) is 3.25. The van der Waals surface area contributed by atoms with Crippen molar-refractivity contribution in [1.82, 2.24) is 4.98 Å². The molecule has 0 aliphatic rings. The van der Waals surface area contributed by atoms with Crippen LogP contribution in [0.15, 0.2) is 53.9 Å². The van der Waals surface area contributed by atoms with Gasteiger partial charge < -0.3 is 9.47 Å². The number of carbonyl (C=O) groups is 2. The zero-order valence-electron chi connectivity index (χ0n) is 16.5. The number of hydrogen-bond acceptors (Lipinski definition) is 6. The van der Waals surface area contributed by atoms with E-state index >= 15 is 0 Å². The molecule has 1 aromatic heterocycles. The molecule has 3 rings (SSSR count). The van der Waals surface area contributed by atoms with Crippen molar-refractivity contribution in [3.8, 4) is 16.3 Å². The number of carbonyl (C=O) groups excluding carboxylic acids is 2. The predicted octanol–water partition coefficient (Wildman–Crippen LogP) is 5.09. The van der Waals surface area contributed by atoms with Crippen molar-refractivity contribution in [2.24, 2.45) is 0 Å². The van der Waals surface area contributed by atoms with Crippen LogP contribution in [0.2, 0.25) is 0 Å². The molecule has 0 N–H and O–H groups in total. The lowest BCUT2D eigenvalue weighted by atomic mass is 10.1. The fourth-order valence-electron chi connectivity index (χ4n) is 2.67. The van der Waals surface area contributed by atoms with Gasteiger partial charge in [-0.25, -0.2) is 9.78 Å². The molecule has 0 aliphatic heterocycles. The Balaban J connectivity index is 1.47. The molecular weight excluding hydrogens is 386 g/mol. The normalized spacial score (nSPS) is 10.6. The van der Waals surface area contributed by atoms with E-state index in [1.54, 1.807) is 24.3 Å². The number of nitrogens with zero attached hydrogens (tertiary/aromatic N) is 1. The minimum atomic E-state index is -0.472. The van der Waals surface area contributed by atoms with E-state index in [2.05, 4.69) is 36.2 Å². The standard InChI is InChI=1S/C23H23NO4S/c1-3-16-5-7-18(8-6-16)23-24-19(15-29-23)13-28-22(26)14-27-20-11-9-17(10-12-20)21(25)4-2/h5-12,15H,3-4,13-14H2,1-2H3. The Morgan fingerprint density at radius 3 is 2.38 bits per heavy atom. The average molecular weight is 410 g/mol. The maximum atomic E-state index is 11.9. The lowest BCUT2D eigenvalue weighted by Gasteiger charge is -2.07. The van der Waals surface area contributed by atoms with Crippen molar-refractivity contribution in [2.45, 2.75) is 33.3 Å². The highest BCUT2D eigenvalue weighted by Crippen LogP contribution is 2.24. The number of aromatic nitrogens is 1. The summed E-state index contributed by atoms with van der Waals surface area (Å²) in [6, 6.07) is 15.0. The van der Waals surface area contributed by atoms with Crippen molar-refractivity contribution in [1.29, 1.82) is 0 Å². The first-order valence-corrected chi connectivity index (χ1v) is 10.4. The minimum Gasteiger partial charge on any atom is -0.482 e. The molecule has 0 saturated carbocycles. The van der Waals surface area contributed by atoms with Gasteiger partial charge in [-0.2, -0.15) is 0 Å². The van der Waals surface area contributed by atoms with E-state index in [4.69, 9.17) is 9.47 Å². The highest BCUT2D eigenvalue weighted by atomic mass is 32.1. The monoisotopic (exact) mass is 409 g/mol. The van der Waals surface area contributed by atoms with Gasteiger partial charge in [-0.1, -0.05) is 38.1 Å². The third-order valence-electron chi connectivity index (χ3n) is 4.40. The van der Waals surface area contributed by atoms with E-state index in [-0.39, 0.29) is 19.0 Å². The van der Waals surface area contributed by atoms with Gasteiger partial charge in [0.1, 0.15) is 17.4 Å². The summed E-state index contributed by atoms with van der Waals surface area (Å²) in [5, 5.41) is 2.79. The summed E-state index contributed by atoms with van der Waals surface area (Å²) in [5.74, 6) is 0.113. The zero-order chi connectivity index (χ0) is 20.6. The van der Waals surface area contributed by atoms with Gasteiger partial charge in [-0.3, -0.25) is 4.79 Å². The largest absolute Gasteiger partial charge is 0.482 e. The van der Waals surface area contributed by atoms with E-state index in [9.17, 15) is 9.59 Å². The van der Waals surface area contributed by atoms with Gasteiger partial charge in [0.05, 0.1) is 5.69 Å². The number of benzene rings is 2. The van der Waals surface area contributed by atoms with Crippen LogP contribution in [-0.4, -0.2) is 23.3 Å². The Kier molecular flexibility index (Phi) is 7.14. The summed E-state index contributed by atoms with van der Waals surface area (Å²) in [6.45, 7) is 3.85. The molecule has 150 valence electrons. The Labute approximate surface area is 174 Å². The molecule has 0 radical (unpaired) electrons. The van der Waals surface area contributed by atoms with Crippen LogP contribution in [0.3, 0.4) is 0 Å². The van der Waals surface area contributed by atoms with Crippen LogP contribution in [0, 0.1) is 0 Å². The topological polar surface area (TPSA) is 65.5 Å². The van der Waals surface area contributed by atoms with Crippen LogP contribution in [-0.2, 0) is 22.6 Å². The molecule has 0 saturated heterocycles. The number of rotatable bonds is 9. The fourth-order valence-corrected chi connectivity index (χ4v) is 3.48. The lowest BCUT2D eigenvalue weighted by molar-refractivity contribution is -0.147. The van der Waals surface area contributed by atoms with Crippen LogP contribution in [0.4, 0.5) is 0 Å². The first kappa shape index (κ1) is 20.7. The smallest absolute Gasteiger partial charge is 0.344 e. The molecule has 6 heteroatoms. The van der Waals surface area contributed by atoms with Gasteiger partial charge in [-0.05, 0) is 36.2 Å². The van der Waals surface area contributed by atoms with Crippen molar-refractivity contribution in [2.75, 3.05) is 6.61 Å². The quantitative estimate of drug-likeness (QED) is 0.364. The second-order valence-corrected chi connectivity index (χ2v) is 7.30. The molecule has 0 unspecified atom stereocenters. The third kappa shape index (κ3) is 5.74. The molecule has 0 aliphatic carbocycles. The zero-order valence-corrected chi connectivity index (χ0v) is 17.3. The third-order valence-corrected chi connectivity index (χ3v) is 5.34. The predicted molar refractivity (Wildman–Crippen MR) is 113 cm³/mol. The summed E-state index contributed by atoms with van der Waals surface area (Å²) in [7, 11) is 0. The fraction of sp³-hybridized carbons (Fsp3) is 0.261. The molecule has 0 fully saturated rings. The SMILES string of the molecule is CCC(=O)c1ccc(OCC(=O)OCc2csc(-c3ccc(CC)cc3)n2)cc1. The molecule has 0 spiro atoms. The Morgan fingerprint density at radius 2 is 1.72 bits per heavy atom. The lowest BCUT2D eigenvalue weighted by Crippen LogP contribution is -2.14. The van der Waals surface area contributed by atoms with Crippen LogP contribution in [0.5, 0.6) is 5.75 Å². The van der Waals surface area contributed by atoms with E-state index < -0.39 is 5.97 Å². The number of aryl methyl sites for hydroxylation is 1. The number of thiazole rings is 1. The molecule has 3 aromatic rings. The van der Waals surface area contributed by atoms with Gasteiger partial charge in [0, 0.05) is 22.9 Å². The van der Waals surface area contributed by atoms with Crippen LogP contribution >= 0.6 is 11.3 Å². The molecule has 0 bridgehead atoms. The molecule has 5 nitrogen and oxygen atoms in total. The summed E-state index contributed by atoms with van der Waals surface area (Å²) >= 11 is 1.52. The molecule has 1 heterocycles. The summed E-state index contributed by atoms with van der Waals surface area (Å²) in [6.07, 6.45) is 1.46. The molecule has 0 amide bonds. The van der Waals surface area contributed by atoms with Crippen molar-refractivity contribution in [3.05, 3.63) is 70.7 Å². The van der Waals surface area contributed by atoms with Gasteiger partial charge in [-0.15, -0.1) is 11.3 Å². The molecular formula is C23H23NO4S. The van der Waals surface area contributed by atoms with Gasteiger partial charge in [0.2, 0.25) is 0 Å². The molecule has 29 heavy (non-hydrogen) atoms.